The van der Waals surface area contributed by atoms with Crippen LogP contribution in [0.5, 0.6) is 0 Å². The standard InChI is InChI=1S/C11H24N2O2S2/c1-4-11-9-13(6-7-16-11)17(14,15)10(3)8-12-5-2/h10-12H,4-9H2,1-3H3. The molecule has 102 valence electrons. The van der Waals surface area contributed by atoms with Crippen LogP contribution in [0, 0.1) is 0 Å². The molecule has 0 amide bonds. The van der Waals surface area contributed by atoms with Crippen molar-refractivity contribution in [3.05, 3.63) is 0 Å². The number of nitrogens with one attached hydrogen (secondary N) is 1. The van der Waals surface area contributed by atoms with Crippen LogP contribution in [0.2, 0.25) is 0 Å². The van der Waals surface area contributed by atoms with Crippen LogP contribution in [0.1, 0.15) is 27.2 Å². The van der Waals surface area contributed by atoms with E-state index < -0.39 is 10.0 Å². The molecule has 1 aliphatic heterocycles. The first kappa shape index (κ1) is 15.3. The molecular weight excluding hydrogens is 256 g/mol. The fraction of sp³-hybridized carbons (Fsp3) is 1.00. The number of sulfonamides is 1. The predicted molar refractivity (Wildman–Crippen MR) is 75.0 cm³/mol. The molecule has 0 aromatic heterocycles. The van der Waals surface area contributed by atoms with Gasteiger partial charge in [-0.2, -0.15) is 16.1 Å². The van der Waals surface area contributed by atoms with Gasteiger partial charge in [0.2, 0.25) is 10.0 Å². The zero-order valence-corrected chi connectivity index (χ0v) is 12.6. The third-order valence-corrected chi connectivity index (χ3v) is 6.71. The summed E-state index contributed by atoms with van der Waals surface area (Å²) in [7, 11) is -3.12. The number of hydrogen-bond acceptors (Lipinski definition) is 4. The topological polar surface area (TPSA) is 49.4 Å². The monoisotopic (exact) mass is 280 g/mol. The summed E-state index contributed by atoms with van der Waals surface area (Å²) in [5, 5.41) is 3.24. The second-order valence-electron chi connectivity index (χ2n) is 4.42. The molecule has 0 spiro atoms. The van der Waals surface area contributed by atoms with E-state index in [1.807, 2.05) is 18.7 Å². The SMILES string of the molecule is CCNCC(C)S(=O)(=O)N1CCSC(CC)C1. The van der Waals surface area contributed by atoms with Gasteiger partial charge in [0.05, 0.1) is 5.25 Å². The number of nitrogens with zero attached hydrogens (tertiary/aromatic N) is 1. The molecule has 1 heterocycles. The van der Waals surface area contributed by atoms with Crippen molar-refractivity contribution in [3.8, 4) is 0 Å². The third kappa shape index (κ3) is 4.12. The Kier molecular flexibility index (Phi) is 6.26. The maximum absolute atomic E-state index is 12.3. The number of rotatable bonds is 6. The molecule has 0 aromatic carbocycles. The summed E-state index contributed by atoms with van der Waals surface area (Å²) in [5.74, 6) is 0.922. The summed E-state index contributed by atoms with van der Waals surface area (Å²) in [4.78, 5) is 0. The lowest BCUT2D eigenvalue weighted by atomic mass is 10.3. The molecule has 1 rings (SSSR count). The molecule has 0 aliphatic carbocycles. The minimum atomic E-state index is -3.12. The number of hydrogen-bond donors (Lipinski definition) is 1. The van der Waals surface area contributed by atoms with Crippen molar-refractivity contribution >= 4 is 21.8 Å². The fourth-order valence-electron chi connectivity index (χ4n) is 1.88. The summed E-state index contributed by atoms with van der Waals surface area (Å²) >= 11 is 1.89. The summed E-state index contributed by atoms with van der Waals surface area (Å²) in [6.45, 7) is 8.60. The van der Waals surface area contributed by atoms with Crippen molar-refractivity contribution in [2.24, 2.45) is 0 Å². The Morgan fingerprint density at radius 3 is 2.76 bits per heavy atom. The molecule has 2 atom stereocenters. The second kappa shape index (κ2) is 6.97. The molecule has 0 radical (unpaired) electrons. The van der Waals surface area contributed by atoms with E-state index in [9.17, 15) is 8.42 Å². The maximum atomic E-state index is 12.3. The molecule has 2 unspecified atom stereocenters. The largest absolute Gasteiger partial charge is 0.316 e. The first-order chi connectivity index (χ1) is 8.02. The highest BCUT2D eigenvalue weighted by Gasteiger charge is 2.32. The highest BCUT2D eigenvalue weighted by molar-refractivity contribution is 8.00. The molecular formula is C11H24N2O2S2. The molecule has 4 nitrogen and oxygen atoms in total. The molecule has 0 aromatic rings. The van der Waals surface area contributed by atoms with E-state index >= 15 is 0 Å². The minimum Gasteiger partial charge on any atom is -0.316 e. The van der Waals surface area contributed by atoms with Crippen LogP contribution in [0.4, 0.5) is 0 Å². The molecule has 1 aliphatic rings. The van der Waals surface area contributed by atoms with Crippen molar-refractivity contribution < 1.29 is 8.42 Å². The lowest BCUT2D eigenvalue weighted by Gasteiger charge is -2.33. The molecule has 1 N–H and O–H groups in total. The van der Waals surface area contributed by atoms with E-state index in [1.165, 1.54) is 0 Å². The van der Waals surface area contributed by atoms with Crippen molar-refractivity contribution in [1.82, 2.24) is 9.62 Å². The zero-order chi connectivity index (χ0) is 12.9. The maximum Gasteiger partial charge on any atom is 0.218 e. The Hall–Kier alpha value is 0.220. The van der Waals surface area contributed by atoms with Gasteiger partial charge in [-0.15, -0.1) is 0 Å². The van der Waals surface area contributed by atoms with Gasteiger partial charge in [0.25, 0.3) is 0 Å². The van der Waals surface area contributed by atoms with Gasteiger partial charge in [0.1, 0.15) is 0 Å². The first-order valence-electron chi connectivity index (χ1n) is 6.33. The van der Waals surface area contributed by atoms with Crippen LogP contribution in [0.25, 0.3) is 0 Å². The van der Waals surface area contributed by atoms with E-state index in [0.29, 0.717) is 24.9 Å². The number of thioether (sulfide) groups is 1. The van der Waals surface area contributed by atoms with Crippen molar-refractivity contribution in [3.63, 3.8) is 0 Å². The van der Waals surface area contributed by atoms with Crippen LogP contribution in [0.3, 0.4) is 0 Å². The highest BCUT2D eigenvalue weighted by atomic mass is 32.2. The Morgan fingerprint density at radius 2 is 2.18 bits per heavy atom. The Bertz CT molecular complexity index is 319. The van der Waals surface area contributed by atoms with Crippen LogP contribution >= 0.6 is 11.8 Å². The Labute approximate surface area is 110 Å². The summed E-state index contributed by atoms with van der Waals surface area (Å²) in [6.07, 6.45) is 1.04. The summed E-state index contributed by atoms with van der Waals surface area (Å²) in [6, 6.07) is 0. The van der Waals surface area contributed by atoms with Gasteiger partial charge in [-0.05, 0) is 19.9 Å². The average Bonchev–Trinajstić information content (AvgIpc) is 2.35. The van der Waals surface area contributed by atoms with Gasteiger partial charge in [0, 0.05) is 30.6 Å². The van der Waals surface area contributed by atoms with Crippen molar-refractivity contribution in [2.75, 3.05) is 31.9 Å². The second-order valence-corrected chi connectivity index (χ2v) is 8.18. The zero-order valence-electron chi connectivity index (χ0n) is 11.0. The van der Waals surface area contributed by atoms with Crippen LogP contribution in [0.15, 0.2) is 0 Å². The van der Waals surface area contributed by atoms with Gasteiger partial charge in [-0.1, -0.05) is 13.8 Å². The fourth-order valence-corrected chi connectivity index (χ4v) is 4.84. The molecule has 0 bridgehead atoms. The van der Waals surface area contributed by atoms with Gasteiger partial charge < -0.3 is 5.32 Å². The van der Waals surface area contributed by atoms with Gasteiger partial charge >= 0.3 is 0 Å². The summed E-state index contributed by atoms with van der Waals surface area (Å²) < 4.78 is 26.3. The van der Waals surface area contributed by atoms with Crippen LogP contribution in [-0.4, -0.2) is 55.2 Å². The van der Waals surface area contributed by atoms with E-state index in [4.69, 9.17) is 0 Å². The molecule has 17 heavy (non-hydrogen) atoms. The average molecular weight is 280 g/mol. The molecule has 1 saturated heterocycles. The molecule has 1 fully saturated rings. The Balaban J connectivity index is 2.62. The lowest BCUT2D eigenvalue weighted by molar-refractivity contribution is 0.408. The lowest BCUT2D eigenvalue weighted by Crippen LogP contribution is -2.47. The smallest absolute Gasteiger partial charge is 0.218 e. The molecule has 0 saturated carbocycles. The van der Waals surface area contributed by atoms with E-state index in [-0.39, 0.29) is 5.25 Å². The van der Waals surface area contributed by atoms with E-state index in [1.54, 1.807) is 11.2 Å². The summed E-state index contributed by atoms with van der Waals surface area (Å²) in [5.41, 5.74) is 0. The van der Waals surface area contributed by atoms with Gasteiger partial charge in [0.15, 0.2) is 0 Å². The van der Waals surface area contributed by atoms with Gasteiger partial charge in [-0.25, -0.2) is 8.42 Å². The quantitative estimate of drug-likeness (QED) is 0.793. The van der Waals surface area contributed by atoms with Gasteiger partial charge in [-0.3, -0.25) is 0 Å². The van der Waals surface area contributed by atoms with Crippen molar-refractivity contribution in [2.45, 2.75) is 37.7 Å². The molecule has 6 heteroatoms. The van der Waals surface area contributed by atoms with E-state index in [0.717, 1.165) is 18.7 Å². The van der Waals surface area contributed by atoms with E-state index in [2.05, 4.69) is 12.2 Å². The predicted octanol–water partition coefficient (Wildman–Crippen LogP) is 1.14. The third-order valence-electron chi connectivity index (χ3n) is 3.11. The first-order valence-corrected chi connectivity index (χ1v) is 8.88. The minimum absolute atomic E-state index is 0.331. The van der Waals surface area contributed by atoms with Crippen LogP contribution in [-0.2, 0) is 10.0 Å². The van der Waals surface area contributed by atoms with Crippen LogP contribution < -0.4 is 5.32 Å². The Morgan fingerprint density at radius 1 is 1.47 bits per heavy atom. The highest BCUT2D eigenvalue weighted by Crippen LogP contribution is 2.24. The normalized spacial score (nSPS) is 24.8. The van der Waals surface area contributed by atoms with Crippen molar-refractivity contribution in [1.29, 1.82) is 0 Å².